The summed E-state index contributed by atoms with van der Waals surface area (Å²) in [5, 5.41) is 1.10. The van der Waals surface area contributed by atoms with Gasteiger partial charge in [-0.2, -0.15) is 0 Å². The Morgan fingerprint density at radius 3 is 2.38 bits per heavy atom. The molecule has 1 aromatic heterocycles. The van der Waals surface area contributed by atoms with Gasteiger partial charge >= 0.3 is 0 Å². The highest BCUT2D eigenvalue weighted by Crippen LogP contribution is 2.71. The van der Waals surface area contributed by atoms with E-state index in [9.17, 15) is 14.4 Å². The predicted molar refractivity (Wildman–Crippen MR) is 119 cm³/mol. The van der Waals surface area contributed by atoms with E-state index in [-0.39, 0.29) is 35.0 Å². The molecule has 6 nitrogen and oxygen atoms in total. The molecule has 166 valence electrons. The van der Waals surface area contributed by atoms with Crippen molar-refractivity contribution in [1.29, 1.82) is 0 Å². The molecule has 4 aliphatic carbocycles. The first-order valence-corrected chi connectivity index (χ1v) is 12.1. The Morgan fingerprint density at radius 2 is 1.75 bits per heavy atom. The molecule has 4 bridgehead atoms. The molecule has 5 unspecified atom stereocenters. The van der Waals surface area contributed by atoms with Crippen molar-refractivity contribution in [3.63, 3.8) is 0 Å². The predicted octanol–water partition coefficient (Wildman–Crippen LogP) is 2.71. The summed E-state index contributed by atoms with van der Waals surface area (Å²) < 4.78 is 2.00. The van der Waals surface area contributed by atoms with Gasteiger partial charge in [-0.15, -0.1) is 0 Å². The molecule has 1 spiro atoms. The molecule has 3 heterocycles. The fraction of sp³-hybridized carbons (Fsp3) is 0.577. The van der Waals surface area contributed by atoms with Crippen LogP contribution in [0.1, 0.15) is 36.2 Å². The first kappa shape index (κ1) is 18.9. The third-order valence-electron chi connectivity index (χ3n) is 9.61. The van der Waals surface area contributed by atoms with Gasteiger partial charge in [0, 0.05) is 56.0 Å². The standard InChI is InChI=1S/C26H29N3O3/c1-27-18-5-3-2-4-15(18)12-19(27)24(31)28-9-6-26(7-10-28)8-11-29(14-26)25(32)22-17-13-16-20(22)21(16)23(17)30/h2-5,12,16-17,20-22H,6-11,13-14H2,1H3. The Kier molecular flexibility index (Phi) is 3.68. The Bertz CT molecular complexity index is 1170. The zero-order valence-electron chi connectivity index (χ0n) is 18.5. The molecule has 6 heteroatoms. The molecule has 6 aliphatic rings. The normalized spacial score (nSPS) is 34.2. The lowest BCUT2D eigenvalue weighted by atomic mass is 9.77. The van der Waals surface area contributed by atoms with E-state index >= 15 is 0 Å². The topological polar surface area (TPSA) is 62.6 Å². The number of likely N-dealkylation sites (tertiary alicyclic amines) is 2. The van der Waals surface area contributed by atoms with Crippen LogP contribution in [-0.2, 0) is 16.6 Å². The van der Waals surface area contributed by atoms with Crippen molar-refractivity contribution in [3.8, 4) is 0 Å². The molecule has 1 aromatic carbocycles. The van der Waals surface area contributed by atoms with Crippen molar-refractivity contribution >= 4 is 28.5 Å². The second-order valence-electron chi connectivity index (χ2n) is 11.0. The van der Waals surface area contributed by atoms with Crippen LogP contribution in [0, 0.1) is 35.0 Å². The number of carbonyl (C=O) groups excluding carboxylic acids is 3. The van der Waals surface area contributed by atoms with E-state index in [1.54, 1.807) is 0 Å². The van der Waals surface area contributed by atoms with Crippen molar-refractivity contribution in [3.05, 3.63) is 36.0 Å². The number of para-hydroxylation sites is 1. The van der Waals surface area contributed by atoms with Crippen molar-refractivity contribution in [2.24, 2.45) is 42.1 Å². The van der Waals surface area contributed by atoms with E-state index in [4.69, 9.17) is 0 Å². The molecule has 0 N–H and O–H groups in total. The van der Waals surface area contributed by atoms with Gasteiger partial charge in [0.1, 0.15) is 11.5 Å². The summed E-state index contributed by atoms with van der Waals surface area (Å²) in [4.78, 5) is 42.9. The second kappa shape index (κ2) is 6.24. The number of aryl methyl sites for hydroxylation is 1. The van der Waals surface area contributed by atoms with Crippen LogP contribution >= 0.6 is 0 Å². The molecule has 2 saturated heterocycles. The van der Waals surface area contributed by atoms with Gasteiger partial charge in [-0.3, -0.25) is 14.4 Å². The van der Waals surface area contributed by atoms with Crippen molar-refractivity contribution in [1.82, 2.24) is 14.4 Å². The van der Waals surface area contributed by atoms with Gasteiger partial charge in [-0.05, 0) is 55.1 Å². The maximum atomic E-state index is 13.3. The van der Waals surface area contributed by atoms with E-state index in [0.717, 1.165) is 68.5 Å². The quantitative estimate of drug-likeness (QED) is 0.735. The number of rotatable bonds is 2. The molecule has 5 atom stereocenters. The second-order valence-corrected chi connectivity index (χ2v) is 11.0. The number of hydrogen-bond acceptors (Lipinski definition) is 3. The largest absolute Gasteiger partial charge is 0.342 e. The van der Waals surface area contributed by atoms with Gasteiger partial charge in [0.15, 0.2) is 0 Å². The number of aromatic nitrogens is 1. The number of fused-ring (bicyclic) bond motifs is 1. The summed E-state index contributed by atoms with van der Waals surface area (Å²) in [7, 11) is 1.96. The van der Waals surface area contributed by atoms with Crippen LogP contribution in [0.5, 0.6) is 0 Å². The summed E-state index contributed by atoms with van der Waals surface area (Å²) in [6.07, 6.45) is 3.90. The van der Waals surface area contributed by atoms with Crippen LogP contribution in [0.3, 0.4) is 0 Å². The highest BCUT2D eigenvalue weighted by molar-refractivity contribution is 6.00. The van der Waals surface area contributed by atoms with Crippen molar-refractivity contribution in [2.75, 3.05) is 26.2 Å². The molecule has 2 aliphatic heterocycles. The Labute approximate surface area is 187 Å². The third kappa shape index (κ3) is 2.38. The molecule has 4 saturated carbocycles. The van der Waals surface area contributed by atoms with Crippen LogP contribution in [0.25, 0.3) is 10.9 Å². The van der Waals surface area contributed by atoms with Gasteiger partial charge in [-0.1, -0.05) is 18.2 Å². The maximum absolute atomic E-state index is 13.3. The van der Waals surface area contributed by atoms with Crippen LogP contribution in [0.15, 0.2) is 30.3 Å². The zero-order chi connectivity index (χ0) is 21.8. The van der Waals surface area contributed by atoms with Crippen molar-refractivity contribution in [2.45, 2.75) is 25.7 Å². The summed E-state index contributed by atoms with van der Waals surface area (Å²) in [5.41, 5.74) is 1.96. The van der Waals surface area contributed by atoms with E-state index in [0.29, 0.717) is 17.6 Å². The molecule has 2 aromatic rings. The fourth-order valence-corrected chi connectivity index (χ4v) is 7.76. The Balaban J connectivity index is 1.02. The highest BCUT2D eigenvalue weighted by atomic mass is 16.2. The van der Waals surface area contributed by atoms with Gasteiger partial charge in [0.25, 0.3) is 5.91 Å². The minimum atomic E-state index is -0.0132. The first-order valence-electron chi connectivity index (χ1n) is 12.1. The number of nitrogens with zero attached hydrogens (tertiary/aromatic N) is 3. The van der Waals surface area contributed by atoms with Gasteiger partial charge in [0.05, 0.1) is 5.92 Å². The summed E-state index contributed by atoms with van der Waals surface area (Å²) in [6.45, 7) is 3.12. The Morgan fingerprint density at radius 1 is 1.03 bits per heavy atom. The molecule has 8 rings (SSSR count). The van der Waals surface area contributed by atoms with Gasteiger partial charge < -0.3 is 14.4 Å². The SMILES string of the molecule is Cn1c(C(=O)N2CCC3(CC2)CCN(C(=O)C2C4CC5C(C4=O)C52)C3)cc2ccccc21. The van der Waals surface area contributed by atoms with Crippen LogP contribution in [0.2, 0.25) is 0 Å². The average Bonchev–Trinajstić information content (AvgIpc) is 3.28. The summed E-state index contributed by atoms with van der Waals surface area (Å²) >= 11 is 0. The molecular weight excluding hydrogens is 402 g/mol. The number of amides is 2. The minimum Gasteiger partial charge on any atom is -0.342 e. The lowest BCUT2D eigenvalue weighted by Crippen LogP contribution is -2.45. The van der Waals surface area contributed by atoms with E-state index in [2.05, 4.69) is 4.90 Å². The highest BCUT2D eigenvalue weighted by Gasteiger charge is 2.75. The van der Waals surface area contributed by atoms with E-state index < -0.39 is 0 Å². The molecule has 0 radical (unpaired) electrons. The molecule has 32 heavy (non-hydrogen) atoms. The smallest absolute Gasteiger partial charge is 0.270 e. The fourth-order valence-electron chi connectivity index (χ4n) is 7.76. The average molecular weight is 432 g/mol. The molecular formula is C26H29N3O3. The number of piperidine rings is 1. The maximum Gasteiger partial charge on any atom is 0.270 e. The monoisotopic (exact) mass is 431 g/mol. The summed E-state index contributed by atoms with van der Waals surface area (Å²) in [6, 6.07) is 10.1. The summed E-state index contributed by atoms with van der Waals surface area (Å²) in [5.74, 6) is 1.88. The lowest BCUT2D eigenvalue weighted by molar-refractivity contribution is -0.138. The zero-order valence-corrected chi connectivity index (χ0v) is 18.5. The lowest BCUT2D eigenvalue weighted by Gasteiger charge is -2.39. The van der Waals surface area contributed by atoms with Crippen LogP contribution < -0.4 is 0 Å². The third-order valence-corrected chi connectivity index (χ3v) is 9.61. The van der Waals surface area contributed by atoms with Crippen molar-refractivity contribution < 1.29 is 14.4 Å². The van der Waals surface area contributed by atoms with Crippen LogP contribution in [-0.4, -0.2) is 58.1 Å². The van der Waals surface area contributed by atoms with Gasteiger partial charge in [-0.25, -0.2) is 0 Å². The number of ketones is 1. The minimum absolute atomic E-state index is 0.0132. The number of hydrogen-bond donors (Lipinski definition) is 0. The molecule has 6 fully saturated rings. The first-order chi connectivity index (χ1) is 15.5. The number of carbonyl (C=O) groups is 3. The Hall–Kier alpha value is -2.63. The van der Waals surface area contributed by atoms with Gasteiger partial charge in [0.2, 0.25) is 5.91 Å². The van der Waals surface area contributed by atoms with E-state index in [1.807, 2.05) is 46.8 Å². The number of benzene rings is 1. The van der Waals surface area contributed by atoms with E-state index in [1.165, 1.54) is 0 Å². The number of Topliss-reactive ketones (excluding diaryl/α,β-unsaturated/α-hetero) is 1. The molecule has 2 amide bonds. The van der Waals surface area contributed by atoms with Crippen LogP contribution in [0.4, 0.5) is 0 Å².